The molecule has 2 atom stereocenters. The summed E-state index contributed by atoms with van der Waals surface area (Å²) < 4.78 is 17.7. The van der Waals surface area contributed by atoms with Gasteiger partial charge >= 0.3 is 11.9 Å². The van der Waals surface area contributed by atoms with E-state index in [1.165, 1.54) is 25.3 Å². The number of carbonyl (C=O) groups excluding carboxylic acids is 2. The van der Waals surface area contributed by atoms with Crippen LogP contribution in [-0.4, -0.2) is 67.1 Å². The van der Waals surface area contributed by atoms with E-state index in [9.17, 15) is 9.59 Å². The number of esters is 2. The smallest absolute Gasteiger partial charge is 0.357 e. The molecule has 0 saturated carbocycles. The van der Waals surface area contributed by atoms with E-state index in [4.69, 9.17) is 19.3 Å². The highest BCUT2D eigenvalue weighted by molar-refractivity contribution is 6.07. The van der Waals surface area contributed by atoms with E-state index < -0.39 is 11.9 Å². The number of methoxy groups -OCH3 is 2. The van der Waals surface area contributed by atoms with Crippen LogP contribution in [0.5, 0.6) is 5.75 Å². The van der Waals surface area contributed by atoms with E-state index in [2.05, 4.69) is 18.7 Å². The Morgan fingerprint density at radius 3 is 2.22 bits per heavy atom. The molecular formula is C28H33N3O5. The molecular weight excluding hydrogens is 458 g/mol. The number of hydrogen-bond acceptors (Lipinski definition) is 7. The van der Waals surface area contributed by atoms with Gasteiger partial charge in [0.15, 0.2) is 5.69 Å². The first-order chi connectivity index (χ1) is 17.4. The topological polar surface area (TPSA) is 82.9 Å². The number of ether oxygens (including phenoxy) is 3. The highest BCUT2D eigenvalue weighted by atomic mass is 16.5. The molecule has 2 aromatic carbocycles. The minimum absolute atomic E-state index is 0.00311. The molecule has 36 heavy (non-hydrogen) atoms. The van der Waals surface area contributed by atoms with Gasteiger partial charge in [-0.1, -0.05) is 44.2 Å². The summed E-state index contributed by atoms with van der Waals surface area (Å²) >= 11 is 0. The third-order valence-corrected chi connectivity index (χ3v) is 6.41. The van der Waals surface area contributed by atoms with Crippen molar-refractivity contribution in [3.63, 3.8) is 0 Å². The van der Waals surface area contributed by atoms with Crippen molar-refractivity contribution in [2.75, 3.05) is 40.5 Å². The van der Waals surface area contributed by atoms with Crippen molar-refractivity contribution in [1.29, 1.82) is 0 Å². The van der Waals surface area contributed by atoms with E-state index >= 15 is 0 Å². The standard InChI is InChI=1S/C28H33N3O5/c1-19-16-20(2)18-30(17-19)14-15-36-23-13-9-8-12-22(23)25-24(27(32)34-3)26(28(33)35-4)31(29-25)21-10-6-5-7-11-21/h5-13,19-20H,14-18H2,1-4H3. The van der Waals surface area contributed by atoms with Gasteiger partial charge in [-0.2, -0.15) is 5.10 Å². The summed E-state index contributed by atoms with van der Waals surface area (Å²) in [6, 6.07) is 16.5. The van der Waals surface area contributed by atoms with Crippen molar-refractivity contribution in [2.24, 2.45) is 11.8 Å². The van der Waals surface area contributed by atoms with Gasteiger partial charge in [-0.05, 0) is 42.5 Å². The van der Waals surface area contributed by atoms with Gasteiger partial charge in [-0.3, -0.25) is 4.90 Å². The maximum Gasteiger partial charge on any atom is 0.357 e. The Morgan fingerprint density at radius 1 is 0.917 bits per heavy atom. The zero-order valence-corrected chi connectivity index (χ0v) is 21.3. The lowest BCUT2D eigenvalue weighted by Gasteiger charge is -2.34. The van der Waals surface area contributed by atoms with Crippen LogP contribution in [0.4, 0.5) is 0 Å². The number of benzene rings is 2. The molecule has 1 aliphatic heterocycles. The number of piperidine rings is 1. The Morgan fingerprint density at radius 2 is 1.56 bits per heavy atom. The molecule has 1 aromatic heterocycles. The molecule has 2 unspecified atom stereocenters. The highest BCUT2D eigenvalue weighted by Crippen LogP contribution is 2.35. The molecule has 1 fully saturated rings. The monoisotopic (exact) mass is 491 g/mol. The van der Waals surface area contributed by atoms with Crippen molar-refractivity contribution in [3.8, 4) is 22.7 Å². The van der Waals surface area contributed by atoms with Gasteiger partial charge in [0.1, 0.15) is 23.6 Å². The third-order valence-electron chi connectivity index (χ3n) is 6.41. The molecule has 0 bridgehead atoms. The molecule has 0 N–H and O–H groups in total. The number of rotatable bonds is 8. The van der Waals surface area contributed by atoms with Gasteiger partial charge in [0.05, 0.1) is 19.9 Å². The van der Waals surface area contributed by atoms with E-state index in [0.29, 0.717) is 41.1 Å². The quantitative estimate of drug-likeness (QED) is 0.430. The molecule has 2 heterocycles. The predicted molar refractivity (Wildman–Crippen MR) is 137 cm³/mol. The van der Waals surface area contributed by atoms with Crippen LogP contribution in [0.25, 0.3) is 16.9 Å². The molecule has 190 valence electrons. The number of hydrogen-bond donors (Lipinski definition) is 0. The largest absolute Gasteiger partial charge is 0.492 e. The number of likely N-dealkylation sites (tertiary alicyclic amines) is 1. The molecule has 0 amide bonds. The second-order valence-corrected chi connectivity index (χ2v) is 9.35. The summed E-state index contributed by atoms with van der Waals surface area (Å²) in [6.45, 7) is 7.99. The number of carbonyl (C=O) groups is 2. The molecule has 3 aromatic rings. The number of nitrogens with zero attached hydrogens (tertiary/aromatic N) is 3. The van der Waals surface area contributed by atoms with Gasteiger partial charge in [0, 0.05) is 25.2 Å². The van der Waals surface area contributed by atoms with E-state index in [-0.39, 0.29) is 11.3 Å². The highest BCUT2D eigenvalue weighted by Gasteiger charge is 2.32. The van der Waals surface area contributed by atoms with Crippen molar-refractivity contribution in [2.45, 2.75) is 20.3 Å². The second kappa shape index (κ2) is 11.4. The SMILES string of the molecule is COC(=O)c1c(-c2ccccc2OCCN2CC(C)CC(C)C2)nn(-c2ccccc2)c1C(=O)OC. The molecule has 8 nitrogen and oxygen atoms in total. The van der Waals surface area contributed by atoms with Crippen LogP contribution in [-0.2, 0) is 9.47 Å². The van der Waals surface area contributed by atoms with Crippen LogP contribution in [0.2, 0.25) is 0 Å². The zero-order valence-electron chi connectivity index (χ0n) is 21.3. The second-order valence-electron chi connectivity index (χ2n) is 9.35. The summed E-state index contributed by atoms with van der Waals surface area (Å²) in [5.74, 6) is 0.544. The first kappa shape index (κ1) is 25.4. The maximum atomic E-state index is 13.0. The maximum absolute atomic E-state index is 13.0. The lowest BCUT2D eigenvalue weighted by molar-refractivity contribution is 0.0549. The third kappa shape index (κ3) is 5.44. The molecule has 0 radical (unpaired) electrons. The number of para-hydroxylation sites is 2. The van der Waals surface area contributed by atoms with Crippen molar-refractivity contribution >= 4 is 11.9 Å². The molecule has 4 rings (SSSR count). The van der Waals surface area contributed by atoms with Gasteiger partial charge < -0.3 is 14.2 Å². The van der Waals surface area contributed by atoms with Crippen LogP contribution in [0.1, 0.15) is 41.1 Å². The summed E-state index contributed by atoms with van der Waals surface area (Å²) in [6.07, 6.45) is 1.25. The summed E-state index contributed by atoms with van der Waals surface area (Å²) in [7, 11) is 2.54. The Kier molecular flexibility index (Phi) is 8.05. The normalized spacial score (nSPS) is 18.0. The first-order valence-corrected chi connectivity index (χ1v) is 12.2. The van der Waals surface area contributed by atoms with Crippen molar-refractivity contribution < 1.29 is 23.8 Å². The van der Waals surface area contributed by atoms with E-state index in [0.717, 1.165) is 19.6 Å². The average Bonchev–Trinajstić information content (AvgIpc) is 3.28. The Balaban J connectivity index is 1.71. The van der Waals surface area contributed by atoms with E-state index in [1.807, 2.05) is 42.5 Å². The fourth-order valence-electron chi connectivity index (χ4n) is 4.99. The summed E-state index contributed by atoms with van der Waals surface area (Å²) in [5, 5.41) is 4.69. The predicted octanol–water partition coefficient (Wildman–Crippen LogP) is 4.47. The van der Waals surface area contributed by atoms with Crippen molar-refractivity contribution in [3.05, 3.63) is 65.9 Å². The van der Waals surface area contributed by atoms with Crippen LogP contribution < -0.4 is 4.74 Å². The Hall–Kier alpha value is -3.65. The fraction of sp³-hybridized carbons (Fsp3) is 0.393. The Labute approximate surface area is 211 Å². The van der Waals surface area contributed by atoms with Crippen LogP contribution in [0, 0.1) is 11.8 Å². The molecule has 1 saturated heterocycles. The number of aromatic nitrogens is 2. The van der Waals surface area contributed by atoms with Crippen molar-refractivity contribution in [1.82, 2.24) is 14.7 Å². The zero-order chi connectivity index (χ0) is 25.7. The van der Waals surface area contributed by atoms with Crippen LogP contribution in [0.15, 0.2) is 54.6 Å². The first-order valence-electron chi connectivity index (χ1n) is 12.2. The minimum Gasteiger partial charge on any atom is -0.492 e. The molecule has 0 aliphatic carbocycles. The molecule has 8 heteroatoms. The molecule has 1 aliphatic rings. The van der Waals surface area contributed by atoms with Crippen LogP contribution >= 0.6 is 0 Å². The van der Waals surface area contributed by atoms with Gasteiger partial charge in [-0.15, -0.1) is 0 Å². The Bertz CT molecular complexity index is 1200. The fourth-order valence-corrected chi connectivity index (χ4v) is 4.99. The molecule has 0 spiro atoms. The van der Waals surface area contributed by atoms with E-state index in [1.54, 1.807) is 12.1 Å². The lowest BCUT2D eigenvalue weighted by Crippen LogP contribution is -2.40. The summed E-state index contributed by atoms with van der Waals surface area (Å²) in [4.78, 5) is 28.2. The van der Waals surface area contributed by atoms with Gasteiger partial charge in [-0.25, -0.2) is 14.3 Å². The average molecular weight is 492 g/mol. The van der Waals surface area contributed by atoms with Crippen LogP contribution in [0.3, 0.4) is 0 Å². The van der Waals surface area contributed by atoms with Gasteiger partial charge in [0.2, 0.25) is 0 Å². The minimum atomic E-state index is -0.690. The summed E-state index contributed by atoms with van der Waals surface area (Å²) in [5.41, 5.74) is 1.53. The lowest BCUT2D eigenvalue weighted by atomic mass is 9.92. The van der Waals surface area contributed by atoms with Gasteiger partial charge in [0.25, 0.3) is 0 Å².